The minimum Gasteiger partial charge on any atom is -0.380 e. The summed E-state index contributed by atoms with van der Waals surface area (Å²) in [5.74, 6) is 6.54. The Kier molecular flexibility index (Phi) is 5.16. The molecule has 1 saturated carbocycles. The lowest BCUT2D eigenvalue weighted by molar-refractivity contribution is 0.113. The first-order valence-electron chi connectivity index (χ1n) is 10.5. The summed E-state index contributed by atoms with van der Waals surface area (Å²) in [5, 5.41) is 0.497. The van der Waals surface area contributed by atoms with E-state index >= 15 is 0 Å². The predicted molar refractivity (Wildman–Crippen MR) is 115 cm³/mol. The van der Waals surface area contributed by atoms with Gasteiger partial charge in [0.25, 0.3) is 5.56 Å². The summed E-state index contributed by atoms with van der Waals surface area (Å²) in [4.78, 5) is 27.6. The monoisotopic (exact) mass is 401 g/mol. The van der Waals surface area contributed by atoms with E-state index in [1.165, 1.54) is 0 Å². The van der Waals surface area contributed by atoms with Crippen molar-refractivity contribution in [2.75, 3.05) is 37.0 Å². The molecule has 2 aliphatic rings. The maximum absolute atomic E-state index is 12.7. The SMILES string of the molecule is CCOC[C@@H](N)[C@H]1CN(c2ccc3c(=O)n(N)c(=O)n(C4CC4)c3c2C)C[C@@H]1C. The first-order chi connectivity index (χ1) is 13.8. The second kappa shape index (κ2) is 7.50. The number of rotatable bonds is 6. The average Bonchev–Trinajstić information content (AvgIpc) is 3.46. The lowest BCUT2D eigenvalue weighted by Crippen LogP contribution is -2.44. The van der Waals surface area contributed by atoms with Crippen LogP contribution in [0.1, 0.15) is 38.3 Å². The van der Waals surface area contributed by atoms with E-state index in [1.807, 2.05) is 19.9 Å². The minimum absolute atomic E-state index is 0.00944. The van der Waals surface area contributed by atoms with E-state index < -0.39 is 11.2 Å². The van der Waals surface area contributed by atoms with E-state index in [-0.39, 0.29) is 12.1 Å². The van der Waals surface area contributed by atoms with E-state index in [1.54, 1.807) is 10.6 Å². The Hall–Kier alpha value is -2.32. The molecule has 8 nitrogen and oxygen atoms in total. The number of hydrogen-bond acceptors (Lipinski definition) is 6. The number of nitrogens with two attached hydrogens (primary N) is 2. The van der Waals surface area contributed by atoms with Crippen LogP contribution < -0.4 is 27.7 Å². The summed E-state index contributed by atoms with van der Waals surface area (Å²) in [5.41, 5.74) is 8.25. The number of ether oxygens (including phenoxy) is 1. The van der Waals surface area contributed by atoms with Crippen molar-refractivity contribution in [2.45, 2.75) is 45.7 Å². The van der Waals surface area contributed by atoms with Crippen molar-refractivity contribution < 1.29 is 4.74 Å². The maximum Gasteiger partial charge on any atom is 0.350 e. The average molecular weight is 402 g/mol. The molecule has 2 heterocycles. The Bertz CT molecular complexity index is 1040. The predicted octanol–water partition coefficient (Wildman–Crippen LogP) is 0.956. The van der Waals surface area contributed by atoms with Gasteiger partial charge in [-0.25, -0.2) is 4.79 Å². The highest BCUT2D eigenvalue weighted by Gasteiger charge is 2.35. The van der Waals surface area contributed by atoms with Gasteiger partial charge in [-0.1, -0.05) is 6.92 Å². The largest absolute Gasteiger partial charge is 0.380 e. The van der Waals surface area contributed by atoms with E-state index in [0.29, 0.717) is 30.4 Å². The fourth-order valence-corrected chi connectivity index (χ4v) is 4.74. The van der Waals surface area contributed by atoms with Crippen LogP contribution in [0.3, 0.4) is 0 Å². The Labute approximate surface area is 170 Å². The van der Waals surface area contributed by atoms with Crippen molar-refractivity contribution in [3.05, 3.63) is 38.5 Å². The summed E-state index contributed by atoms with van der Waals surface area (Å²) in [6.07, 6.45) is 1.87. The summed E-state index contributed by atoms with van der Waals surface area (Å²) in [6, 6.07) is 3.90. The van der Waals surface area contributed by atoms with E-state index in [4.69, 9.17) is 16.3 Å². The Balaban J connectivity index is 1.76. The highest BCUT2D eigenvalue weighted by atomic mass is 16.5. The zero-order chi connectivity index (χ0) is 20.9. The van der Waals surface area contributed by atoms with Crippen molar-refractivity contribution in [1.82, 2.24) is 9.24 Å². The van der Waals surface area contributed by atoms with Crippen LogP contribution in [0.15, 0.2) is 21.7 Å². The van der Waals surface area contributed by atoms with Crippen LogP contribution >= 0.6 is 0 Å². The third-order valence-electron chi connectivity index (χ3n) is 6.49. The van der Waals surface area contributed by atoms with Gasteiger partial charge in [-0.2, -0.15) is 4.68 Å². The first kappa shape index (κ1) is 20.0. The fourth-order valence-electron chi connectivity index (χ4n) is 4.74. The fraction of sp³-hybridized carbons (Fsp3) is 0.619. The number of aryl methyl sites for hydroxylation is 1. The van der Waals surface area contributed by atoms with E-state index in [9.17, 15) is 9.59 Å². The van der Waals surface area contributed by atoms with Gasteiger partial charge in [-0.05, 0) is 56.2 Å². The molecule has 4 N–H and O–H groups in total. The van der Waals surface area contributed by atoms with Crippen LogP contribution in [0, 0.1) is 18.8 Å². The van der Waals surface area contributed by atoms with Gasteiger partial charge in [0.2, 0.25) is 0 Å². The van der Waals surface area contributed by atoms with Gasteiger partial charge >= 0.3 is 5.69 Å². The number of benzene rings is 1. The molecule has 0 spiro atoms. The summed E-state index contributed by atoms with van der Waals surface area (Å²) >= 11 is 0. The molecular weight excluding hydrogens is 370 g/mol. The van der Waals surface area contributed by atoms with Gasteiger partial charge in [0, 0.05) is 37.5 Å². The van der Waals surface area contributed by atoms with Gasteiger partial charge in [-0.15, -0.1) is 0 Å². The molecule has 1 aromatic carbocycles. The van der Waals surface area contributed by atoms with Crippen LogP contribution in [0.4, 0.5) is 5.69 Å². The summed E-state index contributed by atoms with van der Waals surface area (Å²) < 4.78 is 7.99. The van der Waals surface area contributed by atoms with Crippen molar-refractivity contribution in [3.8, 4) is 0 Å². The van der Waals surface area contributed by atoms with Crippen LogP contribution in [0.2, 0.25) is 0 Å². The normalized spacial score (nSPS) is 23.1. The number of nitrogens with zero attached hydrogens (tertiary/aromatic N) is 3. The lowest BCUT2D eigenvalue weighted by atomic mass is 9.91. The zero-order valence-electron chi connectivity index (χ0n) is 17.4. The standard InChI is InChI=1S/C21H31N5O3/c1-4-29-11-17(22)16-10-24(9-12(16)2)18-8-7-15-19(13(18)3)25(14-5-6-14)21(28)26(23)20(15)27/h7-8,12,14,16-17H,4-6,9-11,22-23H2,1-3H3/t12-,16-,17+/m0/s1. The number of fused-ring (bicyclic) bond motifs is 1. The maximum atomic E-state index is 12.7. The Morgan fingerprint density at radius 2 is 1.97 bits per heavy atom. The third-order valence-corrected chi connectivity index (χ3v) is 6.49. The topological polar surface area (TPSA) is 109 Å². The molecule has 0 amide bonds. The minimum atomic E-state index is -0.442. The Morgan fingerprint density at radius 3 is 2.62 bits per heavy atom. The Morgan fingerprint density at radius 1 is 1.24 bits per heavy atom. The zero-order valence-corrected chi connectivity index (χ0v) is 17.4. The molecule has 158 valence electrons. The smallest absolute Gasteiger partial charge is 0.350 e. The second-order valence-electron chi connectivity index (χ2n) is 8.53. The van der Waals surface area contributed by atoms with Crippen molar-refractivity contribution >= 4 is 16.6 Å². The van der Waals surface area contributed by atoms with E-state index in [2.05, 4.69) is 11.8 Å². The molecule has 1 saturated heterocycles. The molecule has 4 rings (SSSR count). The molecule has 0 bridgehead atoms. The molecule has 0 radical (unpaired) electrons. The quantitative estimate of drug-likeness (QED) is 0.698. The third kappa shape index (κ3) is 3.34. The van der Waals surface area contributed by atoms with Gasteiger partial charge < -0.3 is 21.2 Å². The molecule has 1 aliphatic carbocycles. The van der Waals surface area contributed by atoms with Gasteiger partial charge in [-0.3, -0.25) is 9.36 Å². The van der Waals surface area contributed by atoms with Crippen LogP contribution in [0.25, 0.3) is 10.9 Å². The van der Waals surface area contributed by atoms with Crippen LogP contribution in [0.5, 0.6) is 0 Å². The van der Waals surface area contributed by atoms with Gasteiger partial charge in [0.15, 0.2) is 0 Å². The molecule has 1 aliphatic heterocycles. The van der Waals surface area contributed by atoms with Crippen LogP contribution in [-0.4, -0.2) is 41.6 Å². The number of hydrogen-bond donors (Lipinski definition) is 2. The number of anilines is 1. The molecule has 29 heavy (non-hydrogen) atoms. The van der Waals surface area contributed by atoms with E-state index in [0.717, 1.165) is 47.4 Å². The lowest BCUT2D eigenvalue weighted by Gasteiger charge is -2.25. The van der Waals surface area contributed by atoms with Crippen LogP contribution in [-0.2, 0) is 4.74 Å². The molecule has 8 heteroatoms. The highest BCUT2D eigenvalue weighted by molar-refractivity contribution is 5.87. The summed E-state index contributed by atoms with van der Waals surface area (Å²) in [6.45, 7) is 9.15. The molecule has 1 aromatic heterocycles. The molecule has 0 unspecified atom stereocenters. The molecular formula is C21H31N5O3. The molecule has 2 fully saturated rings. The van der Waals surface area contributed by atoms with Crippen molar-refractivity contribution in [1.29, 1.82) is 0 Å². The highest BCUT2D eigenvalue weighted by Crippen LogP contribution is 2.38. The van der Waals surface area contributed by atoms with Gasteiger partial charge in [0.05, 0.1) is 17.5 Å². The van der Waals surface area contributed by atoms with Gasteiger partial charge in [0.1, 0.15) is 0 Å². The second-order valence-corrected chi connectivity index (χ2v) is 8.53. The van der Waals surface area contributed by atoms with Crippen molar-refractivity contribution in [3.63, 3.8) is 0 Å². The van der Waals surface area contributed by atoms with Crippen molar-refractivity contribution in [2.24, 2.45) is 17.6 Å². The molecule has 2 aromatic rings. The summed E-state index contributed by atoms with van der Waals surface area (Å²) in [7, 11) is 0. The first-order valence-corrected chi connectivity index (χ1v) is 10.5. The number of nitrogen functional groups attached to an aromatic ring is 1. The number of aromatic nitrogens is 2. The molecule has 3 atom stereocenters.